The van der Waals surface area contributed by atoms with Gasteiger partial charge in [0, 0.05) is 19.7 Å². The van der Waals surface area contributed by atoms with Crippen LogP contribution >= 0.6 is 40.7 Å². The van der Waals surface area contributed by atoms with Gasteiger partial charge in [-0.25, -0.2) is 0 Å². The molecule has 1 aromatic heterocycles. The van der Waals surface area contributed by atoms with E-state index in [4.69, 9.17) is 5.73 Å². The van der Waals surface area contributed by atoms with E-state index in [0.717, 1.165) is 16.6 Å². The van der Waals surface area contributed by atoms with Crippen LogP contribution in [0.3, 0.4) is 0 Å². The molecule has 72 valence electrons. The molecular weight excluding hydrogens is 265 g/mol. The Kier molecular flexibility index (Phi) is 8.25. The van der Waals surface area contributed by atoms with Gasteiger partial charge >= 0.3 is 0 Å². The van der Waals surface area contributed by atoms with Crippen LogP contribution < -0.4 is 5.73 Å². The minimum atomic E-state index is 0. The highest BCUT2D eigenvalue weighted by molar-refractivity contribution is 9.10. The predicted molar refractivity (Wildman–Crippen MR) is 58.2 cm³/mol. The zero-order valence-electron chi connectivity index (χ0n) is 6.66. The van der Waals surface area contributed by atoms with Gasteiger partial charge in [0.15, 0.2) is 0 Å². The highest BCUT2D eigenvalue weighted by Crippen LogP contribution is 2.13. The molecule has 0 aliphatic carbocycles. The summed E-state index contributed by atoms with van der Waals surface area (Å²) in [4.78, 5) is 0. The molecule has 0 fully saturated rings. The fourth-order valence-electron chi connectivity index (χ4n) is 0.812. The summed E-state index contributed by atoms with van der Waals surface area (Å²) in [7, 11) is 1.89. The Morgan fingerprint density at radius 1 is 1.58 bits per heavy atom. The van der Waals surface area contributed by atoms with Gasteiger partial charge in [-0.2, -0.15) is 5.10 Å². The molecule has 0 saturated carbocycles. The molecule has 12 heavy (non-hydrogen) atoms. The Labute approximate surface area is 92.6 Å². The van der Waals surface area contributed by atoms with Crippen LogP contribution in [0.25, 0.3) is 0 Å². The second kappa shape index (κ2) is 6.71. The Balaban J connectivity index is 0. The maximum atomic E-state index is 5.37. The number of rotatable bonds is 2. The summed E-state index contributed by atoms with van der Waals surface area (Å²) in [6.45, 7) is 0.648. The Hall–Kier alpha value is 0.230. The van der Waals surface area contributed by atoms with Crippen molar-refractivity contribution in [1.82, 2.24) is 9.78 Å². The molecule has 6 heteroatoms. The Morgan fingerprint density at radius 3 is 2.50 bits per heavy atom. The smallest absolute Gasteiger partial charge is 0.0779 e. The van der Waals surface area contributed by atoms with E-state index in [1.807, 2.05) is 13.2 Å². The summed E-state index contributed by atoms with van der Waals surface area (Å²) in [5.41, 5.74) is 6.40. The van der Waals surface area contributed by atoms with E-state index in [0.29, 0.717) is 6.54 Å². The molecule has 0 amide bonds. The second-order valence-corrected chi connectivity index (χ2v) is 2.99. The van der Waals surface area contributed by atoms with Gasteiger partial charge in [-0.15, -0.1) is 24.8 Å². The first kappa shape index (κ1) is 14.7. The van der Waals surface area contributed by atoms with Crippen molar-refractivity contribution in [2.24, 2.45) is 12.8 Å². The van der Waals surface area contributed by atoms with Crippen LogP contribution in [0.5, 0.6) is 0 Å². The standard InChI is InChI=1S/C6H10BrN3.2ClH/c1-10-4-5(7)6(9-10)2-3-8;;/h4H,2-3,8H2,1H3;2*1H. The molecule has 0 radical (unpaired) electrons. The summed E-state index contributed by atoms with van der Waals surface area (Å²) in [6, 6.07) is 0. The fourth-order valence-corrected chi connectivity index (χ4v) is 1.39. The summed E-state index contributed by atoms with van der Waals surface area (Å²) in [5.74, 6) is 0. The highest BCUT2D eigenvalue weighted by atomic mass is 79.9. The molecule has 3 nitrogen and oxygen atoms in total. The Bertz CT molecular complexity index is 227. The molecule has 0 saturated heterocycles. The third-order valence-electron chi connectivity index (χ3n) is 1.24. The van der Waals surface area contributed by atoms with Crippen LogP contribution in [0.4, 0.5) is 0 Å². The normalized spacial score (nSPS) is 8.58. The summed E-state index contributed by atoms with van der Waals surface area (Å²) < 4.78 is 2.81. The lowest BCUT2D eigenvalue weighted by Crippen LogP contribution is -2.04. The number of nitrogens with two attached hydrogens (primary N) is 1. The van der Waals surface area contributed by atoms with Gasteiger partial charge in [0.2, 0.25) is 0 Å². The van der Waals surface area contributed by atoms with Gasteiger partial charge < -0.3 is 5.73 Å². The third kappa shape index (κ3) is 3.76. The lowest BCUT2D eigenvalue weighted by atomic mass is 10.3. The van der Waals surface area contributed by atoms with Crippen LogP contribution in [0, 0.1) is 0 Å². The minimum Gasteiger partial charge on any atom is -0.330 e. The van der Waals surface area contributed by atoms with E-state index in [1.54, 1.807) is 4.68 Å². The lowest BCUT2D eigenvalue weighted by molar-refractivity contribution is 0.739. The molecule has 1 aromatic rings. The fraction of sp³-hybridized carbons (Fsp3) is 0.500. The molecule has 1 rings (SSSR count). The van der Waals surface area contributed by atoms with E-state index < -0.39 is 0 Å². The van der Waals surface area contributed by atoms with Crippen LogP contribution in [0.2, 0.25) is 0 Å². The van der Waals surface area contributed by atoms with Crippen LogP contribution in [-0.2, 0) is 13.5 Å². The molecule has 0 atom stereocenters. The third-order valence-corrected chi connectivity index (χ3v) is 1.90. The average molecular weight is 277 g/mol. The van der Waals surface area contributed by atoms with Crippen molar-refractivity contribution >= 4 is 40.7 Å². The SMILES string of the molecule is Cl.Cl.Cn1cc(Br)c(CCN)n1. The van der Waals surface area contributed by atoms with Crippen LogP contribution in [0.1, 0.15) is 5.69 Å². The summed E-state index contributed by atoms with van der Waals surface area (Å²) in [6.07, 6.45) is 2.76. The number of hydrogen-bond acceptors (Lipinski definition) is 2. The van der Waals surface area contributed by atoms with Crippen molar-refractivity contribution in [3.05, 3.63) is 16.4 Å². The van der Waals surface area contributed by atoms with Gasteiger partial charge in [-0.05, 0) is 22.5 Å². The van der Waals surface area contributed by atoms with E-state index >= 15 is 0 Å². The average Bonchev–Trinajstić information content (AvgIpc) is 2.13. The topological polar surface area (TPSA) is 43.8 Å². The van der Waals surface area contributed by atoms with E-state index in [2.05, 4.69) is 21.0 Å². The minimum absolute atomic E-state index is 0. The first-order chi connectivity index (χ1) is 4.74. The van der Waals surface area contributed by atoms with Crippen molar-refractivity contribution in [3.8, 4) is 0 Å². The maximum Gasteiger partial charge on any atom is 0.0779 e. The molecule has 0 spiro atoms. The number of aryl methyl sites for hydroxylation is 1. The van der Waals surface area contributed by atoms with Crippen molar-refractivity contribution in [3.63, 3.8) is 0 Å². The number of hydrogen-bond donors (Lipinski definition) is 1. The molecule has 0 aliphatic rings. The summed E-state index contributed by atoms with van der Waals surface area (Å²) in [5, 5.41) is 4.19. The van der Waals surface area contributed by atoms with Crippen molar-refractivity contribution in [2.75, 3.05) is 6.54 Å². The van der Waals surface area contributed by atoms with Crippen LogP contribution in [-0.4, -0.2) is 16.3 Å². The molecule has 0 aliphatic heterocycles. The van der Waals surface area contributed by atoms with Gasteiger partial charge in [0.25, 0.3) is 0 Å². The zero-order valence-corrected chi connectivity index (χ0v) is 9.88. The zero-order chi connectivity index (χ0) is 7.56. The molecule has 1 heterocycles. The van der Waals surface area contributed by atoms with Crippen molar-refractivity contribution in [1.29, 1.82) is 0 Å². The van der Waals surface area contributed by atoms with Crippen molar-refractivity contribution < 1.29 is 0 Å². The van der Waals surface area contributed by atoms with Crippen molar-refractivity contribution in [2.45, 2.75) is 6.42 Å². The van der Waals surface area contributed by atoms with Gasteiger partial charge in [-0.3, -0.25) is 4.68 Å². The molecule has 2 N–H and O–H groups in total. The molecule has 0 aromatic carbocycles. The molecule has 0 bridgehead atoms. The van der Waals surface area contributed by atoms with Gasteiger partial charge in [0.05, 0.1) is 10.2 Å². The lowest BCUT2D eigenvalue weighted by Gasteiger charge is -1.90. The largest absolute Gasteiger partial charge is 0.330 e. The second-order valence-electron chi connectivity index (χ2n) is 2.14. The summed E-state index contributed by atoms with van der Waals surface area (Å²) >= 11 is 3.38. The van der Waals surface area contributed by atoms with Crippen LogP contribution in [0.15, 0.2) is 10.7 Å². The molecule has 0 unspecified atom stereocenters. The number of halogens is 3. The molecular formula is C6H12BrCl2N3. The van der Waals surface area contributed by atoms with Gasteiger partial charge in [0.1, 0.15) is 0 Å². The first-order valence-corrected chi connectivity index (χ1v) is 3.91. The monoisotopic (exact) mass is 275 g/mol. The van der Waals surface area contributed by atoms with Gasteiger partial charge in [-0.1, -0.05) is 0 Å². The first-order valence-electron chi connectivity index (χ1n) is 3.12. The predicted octanol–water partition coefficient (Wildman–Crippen LogP) is 1.53. The number of nitrogens with zero attached hydrogens (tertiary/aromatic N) is 2. The quantitative estimate of drug-likeness (QED) is 0.890. The van der Waals surface area contributed by atoms with E-state index in [9.17, 15) is 0 Å². The highest BCUT2D eigenvalue weighted by Gasteiger charge is 2.01. The number of aromatic nitrogens is 2. The van der Waals surface area contributed by atoms with E-state index in [-0.39, 0.29) is 24.8 Å². The Morgan fingerprint density at radius 2 is 2.17 bits per heavy atom. The maximum absolute atomic E-state index is 5.37. The van der Waals surface area contributed by atoms with E-state index in [1.165, 1.54) is 0 Å².